The van der Waals surface area contributed by atoms with E-state index in [2.05, 4.69) is 10.3 Å². The first-order chi connectivity index (χ1) is 8.74. The van der Waals surface area contributed by atoms with E-state index in [-0.39, 0.29) is 11.7 Å². The second-order valence-corrected chi connectivity index (χ2v) is 5.50. The number of thioether (sulfide) groups is 1. The van der Waals surface area contributed by atoms with E-state index in [1.54, 1.807) is 18.3 Å². The Balaban J connectivity index is 1.72. The molecule has 1 aromatic carbocycles. The van der Waals surface area contributed by atoms with E-state index < -0.39 is 0 Å². The minimum Gasteiger partial charge on any atom is -0.302 e. The van der Waals surface area contributed by atoms with Crippen molar-refractivity contribution < 1.29 is 9.18 Å². The molecule has 2 rings (SSSR count). The summed E-state index contributed by atoms with van der Waals surface area (Å²) in [5, 5.41) is 5.14. The molecule has 94 valence electrons. The number of nitrogens with one attached hydrogen (secondary N) is 1. The summed E-state index contributed by atoms with van der Waals surface area (Å²) in [6, 6.07) is 6.24. The first kappa shape index (κ1) is 13.0. The first-order valence-corrected chi connectivity index (χ1v) is 7.18. The highest BCUT2D eigenvalue weighted by molar-refractivity contribution is 7.99. The monoisotopic (exact) mass is 282 g/mol. The van der Waals surface area contributed by atoms with Gasteiger partial charge in [-0.2, -0.15) is 0 Å². The molecule has 0 unspecified atom stereocenters. The molecule has 0 saturated carbocycles. The van der Waals surface area contributed by atoms with Crippen molar-refractivity contribution in [1.29, 1.82) is 0 Å². The maximum atomic E-state index is 12.7. The molecule has 0 bridgehead atoms. The summed E-state index contributed by atoms with van der Waals surface area (Å²) >= 11 is 2.92. The van der Waals surface area contributed by atoms with E-state index in [1.165, 1.54) is 35.2 Å². The van der Waals surface area contributed by atoms with Crippen molar-refractivity contribution in [2.75, 3.05) is 11.1 Å². The van der Waals surface area contributed by atoms with E-state index in [0.29, 0.717) is 17.3 Å². The van der Waals surface area contributed by atoms with Crippen LogP contribution in [0.3, 0.4) is 0 Å². The number of benzene rings is 1. The van der Waals surface area contributed by atoms with Crippen LogP contribution < -0.4 is 5.32 Å². The van der Waals surface area contributed by atoms with Gasteiger partial charge in [-0.15, -0.1) is 23.1 Å². The zero-order chi connectivity index (χ0) is 12.8. The Morgan fingerprint density at radius 1 is 1.39 bits per heavy atom. The minimum atomic E-state index is -0.249. The van der Waals surface area contributed by atoms with Crippen molar-refractivity contribution in [3.8, 4) is 0 Å². The molecule has 0 aliphatic heterocycles. The van der Waals surface area contributed by atoms with Gasteiger partial charge in [0.25, 0.3) is 0 Å². The molecule has 0 aliphatic carbocycles. The van der Waals surface area contributed by atoms with Crippen LogP contribution in [0, 0.1) is 5.82 Å². The molecule has 18 heavy (non-hydrogen) atoms. The van der Waals surface area contributed by atoms with Crippen LogP contribution >= 0.6 is 23.1 Å². The number of amides is 1. The van der Waals surface area contributed by atoms with Crippen LogP contribution in [-0.2, 0) is 4.79 Å². The van der Waals surface area contributed by atoms with Crippen LogP contribution in [0.4, 0.5) is 9.52 Å². The maximum absolute atomic E-state index is 12.7. The lowest BCUT2D eigenvalue weighted by Crippen LogP contribution is -2.11. The highest BCUT2D eigenvalue weighted by Crippen LogP contribution is 2.19. The molecule has 0 radical (unpaired) electrons. The van der Waals surface area contributed by atoms with Crippen LogP contribution in [0.2, 0.25) is 0 Å². The summed E-state index contributed by atoms with van der Waals surface area (Å²) in [4.78, 5) is 16.5. The molecule has 3 nitrogen and oxygen atoms in total. The van der Waals surface area contributed by atoms with Gasteiger partial charge in [0.2, 0.25) is 5.91 Å². The van der Waals surface area contributed by atoms with Gasteiger partial charge in [-0.1, -0.05) is 0 Å². The number of hydrogen-bond acceptors (Lipinski definition) is 4. The van der Waals surface area contributed by atoms with Crippen molar-refractivity contribution in [3.63, 3.8) is 0 Å². The largest absolute Gasteiger partial charge is 0.302 e. The molecular formula is C12H11FN2OS2. The molecular weight excluding hydrogens is 271 g/mol. The molecule has 2 aromatic rings. The van der Waals surface area contributed by atoms with Crippen LogP contribution in [0.15, 0.2) is 40.7 Å². The number of nitrogens with zero attached hydrogens (tertiary/aromatic N) is 1. The highest BCUT2D eigenvalue weighted by atomic mass is 32.2. The Hall–Kier alpha value is -1.40. The van der Waals surface area contributed by atoms with Gasteiger partial charge >= 0.3 is 0 Å². The number of anilines is 1. The highest BCUT2D eigenvalue weighted by Gasteiger charge is 2.04. The van der Waals surface area contributed by atoms with Gasteiger partial charge in [0.1, 0.15) is 5.82 Å². The van der Waals surface area contributed by atoms with Gasteiger partial charge in [-0.3, -0.25) is 4.79 Å². The molecule has 0 atom stereocenters. The zero-order valence-electron chi connectivity index (χ0n) is 9.43. The molecule has 0 aliphatic rings. The number of aromatic nitrogens is 1. The summed E-state index contributed by atoms with van der Waals surface area (Å²) in [5.41, 5.74) is 0. The predicted octanol–water partition coefficient (Wildman–Crippen LogP) is 3.40. The maximum Gasteiger partial charge on any atom is 0.226 e. The lowest BCUT2D eigenvalue weighted by molar-refractivity contribution is -0.115. The number of thiazole rings is 1. The van der Waals surface area contributed by atoms with Crippen LogP contribution in [0.5, 0.6) is 0 Å². The smallest absolute Gasteiger partial charge is 0.226 e. The molecule has 0 spiro atoms. The Bertz CT molecular complexity index is 499. The summed E-state index contributed by atoms with van der Waals surface area (Å²) < 4.78 is 12.7. The lowest BCUT2D eigenvalue weighted by atomic mass is 10.4. The molecule has 1 N–H and O–H groups in total. The third kappa shape index (κ3) is 4.12. The number of carbonyl (C=O) groups excluding carboxylic acids is 1. The van der Waals surface area contributed by atoms with Gasteiger partial charge in [0, 0.05) is 28.6 Å². The average Bonchev–Trinajstić information content (AvgIpc) is 2.84. The topological polar surface area (TPSA) is 42.0 Å². The van der Waals surface area contributed by atoms with E-state index in [4.69, 9.17) is 0 Å². The fraction of sp³-hybridized carbons (Fsp3) is 0.167. The van der Waals surface area contributed by atoms with Crippen molar-refractivity contribution in [2.24, 2.45) is 0 Å². The molecule has 1 heterocycles. The Morgan fingerprint density at radius 3 is 2.83 bits per heavy atom. The second kappa shape index (κ2) is 6.51. The van der Waals surface area contributed by atoms with Gasteiger partial charge in [-0.25, -0.2) is 9.37 Å². The Labute approximate surface area is 112 Å². The number of halogens is 1. The van der Waals surface area contributed by atoms with E-state index in [9.17, 15) is 9.18 Å². The molecule has 0 saturated heterocycles. The third-order valence-corrected chi connectivity index (χ3v) is 3.79. The second-order valence-electron chi connectivity index (χ2n) is 3.44. The third-order valence-electron chi connectivity index (χ3n) is 2.09. The predicted molar refractivity (Wildman–Crippen MR) is 72.5 cm³/mol. The standard InChI is InChI=1S/C12H11FN2OS2/c13-9-1-3-10(4-2-9)17-7-5-11(16)15-12-14-6-8-18-12/h1-4,6,8H,5,7H2,(H,14,15,16). The lowest BCUT2D eigenvalue weighted by Gasteiger charge is -2.02. The minimum absolute atomic E-state index is 0.0560. The number of rotatable bonds is 5. The van der Waals surface area contributed by atoms with Gasteiger partial charge in [-0.05, 0) is 24.3 Å². The SMILES string of the molecule is O=C(CCSc1ccc(F)cc1)Nc1nccs1. The van der Waals surface area contributed by atoms with E-state index in [1.807, 2.05) is 5.38 Å². The van der Waals surface area contributed by atoms with Crippen molar-refractivity contribution in [1.82, 2.24) is 4.98 Å². The average molecular weight is 282 g/mol. The van der Waals surface area contributed by atoms with Crippen LogP contribution in [0.1, 0.15) is 6.42 Å². The van der Waals surface area contributed by atoms with Gasteiger partial charge < -0.3 is 5.32 Å². The number of hydrogen-bond donors (Lipinski definition) is 1. The first-order valence-electron chi connectivity index (χ1n) is 5.32. The molecule has 0 fully saturated rings. The fourth-order valence-corrected chi connectivity index (χ4v) is 2.66. The fourth-order valence-electron chi connectivity index (χ4n) is 1.26. The van der Waals surface area contributed by atoms with Crippen molar-refractivity contribution in [3.05, 3.63) is 41.7 Å². The summed E-state index contributed by atoms with van der Waals surface area (Å²) in [7, 11) is 0. The van der Waals surface area contributed by atoms with Crippen molar-refractivity contribution in [2.45, 2.75) is 11.3 Å². The van der Waals surface area contributed by atoms with Gasteiger partial charge in [0.15, 0.2) is 5.13 Å². The Morgan fingerprint density at radius 2 is 2.17 bits per heavy atom. The van der Waals surface area contributed by atoms with Crippen molar-refractivity contribution >= 4 is 34.1 Å². The Kier molecular flexibility index (Phi) is 4.72. The van der Waals surface area contributed by atoms with Gasteiger partial charge in [0.05, 0.1) is 0 Å². The summed E-state index contributed by atoms with van der Waals surface area (Å²) in [6.45, 7) is 0. The molecule has 1 aromatic heterocycles. The normalized spacial score (nSPS) is 10.3. The molecule has 6 heteroatoms. The number of carbonyl (C=O) groups is 1. The summed E-state index contributed by atoms with van der Waals surface area (Å²) in [5.74, 6) is 0.350. The summed E-state index contributed by atoms with van der Waals surface area (Å²) in [6.07, 6.45) is 2.05. The molecule has 1 amide bonds. The quantitative estimate of drug-likeness (QED) is 0.855. The van der Waals surface area contributed by atoms with E-state index >= 15 is 0 Å². The van der Waals surface area contributed by atoms with Crippen LogP contribution in [0.25, 0.3) is 0 Å². The zero-order valence-corrected chi connectivity index (χ0v) is 11.1. The van der Waals surface area contributed by atoms with Crippen LogP contribution in [-0.4, -0.2) is 16.6 Å². The van der Waals surface area contributed by atoms with E-state index in [0.717, 1.165) is 4.90 Å².